The molecule has 0 fully saturated rings. The molecule has 1 aliphatic heterocycles. The number of hydrogen-bond donors (Lipinski definition) is 1. The first-order valence-corrected chi connectivity index (χ1v) is 9.99. The predicted octanol–water partition coefficient (Wildman–Crippen LogP) is 4.46. The minimum Gasteiger partial charge on any atom is -0.489 e. The monoisotopic (exact) mass is 420 g/mol. The van der Waals surface area contributed by atoms with Gasteiger partial charge in [0.05, 0.1) is 24.7 Å². The third kappa shape index (κ3) is 5.33. The maximum absolute atomic E-state index is 12.4. The Labute approximate surface area is 173 Å². The van der Waals surface area contributed by atoms with E-state index in [1.54, 1.807) is 50.5 Å². The number of benzene rings is 2. The molecule has 0 saturated carbocycles. The summed E-state index contributed by atoms with van der Waals surface area (Å²) < 4.78 is 11.3. The van der Waals surface area contributed by atoms with Crippen molar-refractivity contribution in [2.24, 2.45) is 0 Å². The predicted molar refractivity (Wildman–Crippen MR) is 111 cm³/mol. The number of hydrogen-bond acceptors (Lipinski definition) is 5. The minimum absolute atomic E-state index is 0.0527. The molecular formula is C20H21ClN2O4S. The Morgan fingerprint density at radius 1 is 1.14 bits per heavy atom. The molecule has 28 heavy (non-hydrogen) atoms. The van der Waals surface area contributed by atoms with Gasteiger partial charge in [-0.2, -0.15) is 0 Å². The number of nitrogens with zero attached hydrogens (tertiary/aromatic N) is 1. The maximum Gasteiger partial charge on any atom is 0.285 e. The summed E-state index contributed by atoms with van der Waals surface area (Å²) in [5.41, 5.74) is 1.41. The highest BCUT2D eigenvalue weighted by molar-refractivity contribution is 8.13. The van der Waals surface area contributed by atoms with Crippen LogP contribution in [0.5, 0.6) is 11.5 Å². The van der Waals surface area contributed by atoms with Gasteiger partial charge in [-0.1, -0.05) is 11.6 Å². The van der Waals surface area contributed by atoms with Gasteiger partial charge in [-0.25, -0.2) is 0 Å². The van der Waals surface area contributed by atoms with Crippen molar-refractivity contribution in [3.63, 3.8) is 0 Å². The molecule has 1 N–H and O–H groups in total. The van der Waals surface area contributed by atoms with Crippen molar-refractivity contribution in [2.75, 3.05) is 32.6 Å². The SMILES string of the molecule is CN(C)C(=O)Sc1ccc(NC(=O)Cc2cc(Cl)c3c(c2)OCCCO3)cc1. The summed E-state index contributed by atoms with van der Waals surface area (Å²) in [6.45, 7) is 1.11. The van der Waals surface area contributed by atoms with Gasteiger partial charge in [-0.3, -0.25) is 9.59 Å². The number of carbonyl (C=O) groups is 2. The van der Waals surface area contributed by atoms with E-state index in [9.17, 15) is 9.59 Å². The van der Waals surface area contributed by atoms with E-state index in [1.807, 2.05) is 0 Å². The van der Waals surface area contributed by atoms with E-state index in [0.29, 0.717) is 35.4 Å². The lowest BCUT2D eigenvalue weighted by molar-refractivity contribution is -0.115. The third-order valence-electron chi connectivity index (χ3n) is 3.94. The summed E-state index contributed by atoms with van der Waals surface area (Å²) in [7, 11) is 3.41. The summed E-state index contributed by atoms with van der Waals surface area (Å²) in [4.78, 5) is 26.4. The van der Waals surface area contributed by atoms with Crippen molar-refractivity contribution in [3.05, 3.63) is 47.0 Å². The fourth-order valence-electron chi connectivity index (χ4n) is 2.58. The number of rotatable bonds is 4. The molecule has 0 atom stereocenters. The summed E-state index contributed by atoms with van der Waals surface area (Å²) in [5, 5.41) is 3.23. The molecule has 148 valence electrons. The van der Waals surface area contributed by atoms with Gasteiger partial charge < -0.3 is 19.7 Å². The number of amides is 2. The second-order valence-corrected chi connectivity index (χ2v) is 7.90. The van der Waals surface area contributed by atoms with Crippen molar-refractivity contribution in [3.8, 4) is 11.5 Å². The van der Waals surface area contributed by atoms with Crippen LogP contribution < -0.4 is 14.8 Å². The largest absolute Gasteiger partial charge is 0.489 e. The van der Waals surface area contributed by atoms with Crippen molar-refractivity contribution in [1.29, 1.82) is 0 Å². The zero-order valence-electron chi connectivity index (χ0n) is 15.7. The van der Waals surface area contributed by atoms with Crippen LogP contribution in [-0.2, 0) is 11.2 Å². The Kier molecular flexibility index (Phi) is 6.70. The Morgan fingerprint density at radius 2 is 1.86 bits per heavy atom. The number of ether oxygens (including phenoxy) is 2. The molecule has 0 spiro atoms. The molecule has 1 heterocycles. The Morgan fingerprint density at radius 3 is 2.57 bits per heavy atom. The highest BCUT2D eigenvalue weighted by Crippen LogP contribution is 2.38. The van der Waals surface area contributed by atoms with Crippen molar-refractivity contribution in [2.45, 2.75) is 17.7 Å². The van der Waals surface area contributed by atoms with E-state index in [4.69, 9.17) is 21.1 Å². The highest BCUT2D eigenvalue weighted by Gasteiger charge is 2.17. The van der Waals surface area contributed by atoms with Crippen LogP contribution in [0.3, 0.4) is 0 Å². The molecule has 2 amide bonds. The first-order valence-electron chi connectivity index (χ1n) is 8.79. The molecule has 0 radical (unpaired) electrons. The Hall–Kier alpha value is -2.38. The van der Waals surface area contributed by atoms with Gasteiger partial charge in [0.2, 0.25) is 5.91 Å². The number of fused-ring (bicyclic) bond motifs is 1. The van der Waals surface area contributed by atoms with E-state index in [1.165, 1.54) is 4.90 Å². The molecule has 1 aliphatic rings. The quantitative estimate of drug-likeness (QED) is 0.740. The second kappa shape index (κ2) is 9.21. The molecule has 0 saturated heterocycles. The van der Waals surface area contributed by atoms with Crippen LogP contribution in [-0.4, -0.2) is 43.4 Å². The van der Waals surface area contributed by atoms with Crippen LogP contribution in [0.1, 0.15) is 12.0 Å². The van der Waals surface area contributed by atoms with Crippen LogP contribution in [0.2, 0.25) is 5.02 Å². The lowest BCUT2D eigenvalue weighted by atomic mass is 10.1. The molecule has 8 heteroatoms. The van der Waals surface area contributed by atoms with E-state index >= 15 is 0 Å². The van der Waals surface area contributed by atoms with Gasteiger partial charge in [0.25, 0.3) is 5.24 Å². The fourth-order valence-corrected chi connectivity index (χ4v) is 3.52. The average molecular weight is 421 g/mol. The summed E-state index contributed by atoms with van der Waals surface area (Å²) in [6, 6.07) is 10.6. The van der Waals surface area contributed by atoms with E-state index in [0.717, 1.165) is 28.6 Å². The zero-order chi connectivity index (χ0) is 20.1. The molecule has 2 aromatic rings. The zero-order valence-corrected chi connectivity index (χ0v) is 17.2. The Bertz CT molecular complexity index is 871. The summed E-state index contributed by atoms with van der Waals surface area (Å²) in [6.07, 6.45) is 0.946. The average Bonchev–Trinajstić information content (AvgIpc) is 2.89. The number of halogens is 1. The smallest absolute Gasteiger partial charge is 0.285 e. The normalized spacial score (nSPS) is 12.8. The topological polar surface area (TPSA) is 67.9 Å². The molecular weight excluding hydrogens is 400 g/mol. The van der Waals surface area contributed by atoms with Gasteiger partial charge in [0.1, 0.15) is 0 Å². The fraction of sp³-hybridized carbons (Fsp3) is 0.300. The van der Waals surface area contributed by atoms with Crippen molar-refractivity contribution in [1.82, 2.24) is 4.90 Å². The minimum atomic E-state index is -0.171. The van der Waals surface area contributed by atoms with Gasteiger partial charge in [0, 0.05) is 31.1 Å². The van der Waals surface area contributed by atoms with E-state index < -0.39 is 0 Å². The van der Waals surface area contributed by atoms with Gasteiger partial charge in [-0.15, -0.1) is 0 Å². The standard InChI is InChI=1S/C20H21ClN2O4S/c1-23(2)20(25)28-15-6-4-14(5-7-15)22-18(24)12-13-10-16(21)19-17(11-13)26-8-3-9-27-19/h4-7,10-11H,3,8-9,12H2,1-2H3,(H,22,24). The van der Waals surface area contributed by atoms with E-state index in [2.05, 4.69) is 5.32 Å². The lowest BCUT2D eigenvalue weighted by Crippen LogP contribution is -2.16. The van der Waals surface area contributed by atoms with Crippen LogP contribution in [0.25, 0.3) is 0 Å². The molecule has 3 rings (SSSR count). The third-order valence-corrected chi connectivity index (χ3v) is 5.26. The molecule has 0 aliphatic carbocycles. The number of thioether (sulfide) groups is 1. The van der Waals surface area contributed by atoms with E-state index in [-0.39, 0.29) is 17.6 Å². The Balaban J connectivity index is 1.62. The van der Waals surface area contributed by atoms with Crippen molar-refractivity contribution >= 4 is 40.2 Å². The molecule has 2 aromatic carbocycles. The van der Waals surface area contributed by atoms with Crippen LogP contribution in [0.15, 0.2) is 41.3 Å². The second-order valence-electron chi connectivity index (χ2n) is 6.47. The van der Waals surface area contributed by atoms with Crippen LogP contribution in [0, 0.1) is 0 Å². The van der Waals surface area contributed by atoms with Crippen LogP contribution >= 0.6 is 23.4 Å². The summed E-state index contributed by atoms with van der Waals surface area (Å²) >= 11 is 7.41. The number of carbonyl (C=O) groups excluding carboxylic acids is 2. The van der Waals surface area contributed by atoms with Gasteiger partial charge in [-0.05, 0) is 53.7 Å². The number of anilines is 1. The molecule has 6 nitrogen and oxygen atoms in total. The maximum atomic E-state index is 12.4. The summed E-state index contributed by atoms with van der Waals surface area (Å²) in [5.74, 6) is 0.929. The first-order chi connectivity index (χ1) is 13.4. The highest BCUT2D eigenvalue weighted by atomic mass is 35.5. The van der Waals surface area contributed by atoms with Gasteiger partial charge in [0.15, 0.2) is 11.5 Å². The molecule has 0 unspecified atom stereocenters. The molecule has 0 aromatic heterocycles. The molecule has 0 bridgehead atoms. The number of nitrogens with one attached hydrogen (secondary N) is 1. The van der Waals surface area contributed by atoms with Crippen molar-refractivity contribution < 1.29 is 19.1 Å². The first kappa shape index (κ1) is 20.4. The van der Waals surface area contributed by atoms with Crippen LogP contribution in [0.4, 0.5) is 10.5 Å². The lowest BCUT2D eigenvalue weighted by Gasteiger charge is -2.12. The van der Waals surface area contributed by atoms with Gasteiger partial charge >= 0.3 is 0 Å².